The summed E-state index contributed by atoms with van der Waals surface area (Å²) >= 11 is 13.1. The number of hydrogen-bond donors (Lipinski definition) is 0. The van der Waals surface area contributed by atoms with E-state index in [1.807, 2.05) is 19.1 Å². The van der Waals surface area contributed by atoms with Gasteiger partial charge in [-0.05, 0) is 36.8 Å². The number of hydrogen-bond acceptors (Lipinski definition) is 1. The molecule has 0 saturated carbocycles. The molecular formula is C15H12Br2ClFO. The highest BCUT2D eigenvalue weighted by molar-refractivity contribution is 9.10. The summed E-state index contributed by atoms with van der Waals surface area (Å²) in [5, 5.41) is 0.380. The molecule has 0 aliphatic heterocycles. The van der Waals surface area contributed by atoms with Crippen molar-refractivity contribution in [1.29, 1.82) is 0 Å². The number of ether oxygens (including phenoxy) is 1. The van der Waals surface area contributed by atoms with Crippen molar-refractivity contribution < 1.29 is 9.13 Å². The van der Waals surface area contributed by atoms with Crippen LogP contribution in [0.4, 0.5) is 4.39 Å². The van der Waals surface area contributed by atoms with Crippen LogP contribution in [0.1, 0.15) is 21.5 Å². The SMILES string of the molecule is COc1cc(C)c(Br)cc1C(Br)c1c(F)cccc1Cl. The zero-order valence-corrected chi connectivity index (χ0v) is 14.8. The molecule has 1 unspecified atom stereocenters. The van der Waals surface area contributed by atoms with Gasteiger partial charge in [0.25, 0.3) is 0 Å². The van der Waals surface area contributed by atoms with E-state index in [1.165, 1.54) is 6.07 Å². The maximum atomic E-state index is 14.0. The molecule has 0 aliphatic carbocycles. The van der Waals surface area contributed by atoms with Crippen LogP contribution in [0.25, 0.3) is 0 Å². The van der Waals surface area contributed by atoms with Crippen LogP contribution in [0.3, 0.4) is 0 Å². The fourth-order valence-electron chi connectivity index (χ4n) is 1.95. The summed E-state index contributed by atoms with van der Waals surface area (Å²) in [4.78, 5) is -0.386. The standard InChI is InChI=1S/C15H12Br2ClFO/c1-8-6-13(20-2)9(7-10(8)16)15(17)14-11(18)4-3-5-12(14)19/h3-7,15H,1-2H3. The van der Waals surface area contributed by atoms with Gasteiger partial charge in [0.05, 0.1) is 11.9 Å². The monoisotopic (exact) mass is 420 g/mol. The van der Waals surface area contributed by atoms with Gasteiger partial charge in [0, 0.05) is 20.6 Å². The zero-order chi connectivity index (χ0) is 14.9. The molecule has 0 N–H and O–H groups in total. The van der Waals surface area contributed by atoms with Gasteiger partial charge in [-0.25, -0.2) is 4.39 Å². The van der Waals surface area contributed by atoms with E-state index < -0.39 is 0 Å². The molecule has 20 heavy (non-hydrogen) atoms. The molecule has 0 saturated heterocycles. The van der Waals surface area contributed by atoms with Crippen molar-refractivity contribution in [2.45, 2.75) is 11.8 Å². The molecule has 2 aromatic carbocycles. The minimum atomic E-state index is -0.386. The maximum absolute atomic E-state index is 14.0. The Hall–Kier alpha value is -0.580. The van der Waals surface area contributed by atoms with Crippen molar-refractivity contribution in [3.05, 3.63) is 62.3 Å². The molecule has 106 valence electrons. The Morgan fingerprint density at radius 3 is 2.60 bits per heavy atom. The molecule has 0 radical (unpaired) electrons. The first-order chi connectivity index (χ1) is 9.45. The molecule has 2 rings (SSSR count). The molecule has 0 aliphatic rings. The van der Waals surface area contributed by atoms with Crippen molar-refractivity contribution in [3.8, 4) is 5.75 Å². The smallest absolute Gasteiger partial charge is 0.129 e. The van der Waals surface area contributed by atoms with Gasteiger partial charge >= 0.3 is 0 Å². The van der Waals surface area contributed by atoms with Crippen molar-refractivity contribution >= 4 is 43.5 Å². The summed E-state index contributed by atoms with van der Waals surface area (Å²) in [6.45, 7) is 1.97. The van der Waals surface area contributed by atoms with Gasteiger partial charge in [0.15, 0.2) is 0 Å². The zero-order valence-electron chi connectivity index (χ0n) is 10.9. The van der Waals surface area contributed by atoms with Gasteiger partial charge < -0.3 is 4.74 Å². The number of methoxy groups -OCH3 is 1. The normalized spacial score (nSPS) is 12.3. The molecule has 1 nitrogen and oxygen atoms in total. The summed E-state index contributed by atoms with van der Waals surface area (Å²) in [5.74, 6) is 0.338. The molecule has 0 fully saturated rings. The number of aryl methyl sites for hydroxylation is 1. The molecular weight excluding hydrogens is 410 g/mol. The van der Waals surface area contributed by atoms with Gasteiger partial charge in [0.2, 0.25) is 0 Å². The lowest BCUT2D eigenvalue weighted by Gasteiger charge is -2.18. The van der Waals surface area contributed by atoms with E-state index in [9.17, 15) is 4.39 Å². The second kappa shape index (κ2) is 6.46. The summed E-state index contributed by atoms with van der Waals surface area (Å²) in [5.41, 5.74) is 2.27. The van der Waals surface area contributed by atoms with E-state index in [-0.39, 0.29) is 10.6 Å². The van der Waals surface area contributed by atoms with Crippen LogP contribution in [0.5, 0.6) is 5.75 Å². The lowest BCUT2D eigenvalue weighted by atomic mass is 10.0. The first kappa shape index (κ1) is 15.8. The minimum Gasteiger partial charge on any atom is -0.496 e. The summed E-state index contributed by atoms with van der Waals surface area (Å²) in [6, 6.07) is 8.47. The van der Waals surface area contributed by atoms with Crippen LogP contribution in [-0.4, -0.2) is 7.11 Å². The fraction of sp³-hybridized carbons (Fsp3) is 0.200. The average molecular weight is 423 g/mol. The third-order valence-electron chi connectivity index (χ3n) is 3.04. The third-order valence-corrected chi connectivity index (χ3v) is 5.17. The van der Waals surface area contributed by atoms with E-state index in [4.69, 9.17) is 16.3 Å². The van der Waals surface area contributed by atoms with Crippen molar-refractivity contribution in [2.75, 3.05) is 7.11 Å². The van der Waals surface area contributed by atoms with Gasteiger partial charge in [-0.2, -0.15) is 0 Å². The molecule has 5 heteroatoms. The first-order valence-electron chi connectivity index (χ1n) is 5.87. The van der Waals surface area contributed by atoms with E-state index in [1.54, 1.807) is 19.2 Å². The van der Waals surface area contributed by atoms with Crippen molar-refractivity contribution in [2.24, 2.45) is 0 Å². The summed E-state index contributed by atoms with van der Waals surface area (Å²) in [7, 11) is 1.59. The third kappa shape index (κ3) is 3.02. The Morgan fingerprint density at radius 2 is 2.00 bits per heavy atom. The molecule has 0 heterocycles. The van der Waals surface area contributed by atoms with Gasteiger partial charge in [-0.3, -0.25) is 0 Å². The predicted octanol–water partition coefficient (Wildman–Crippen LogP) is 6.04. The van der Waals surface area contributed by atoms with Crippen LogP contribution in [0.15, 0.2) is 34.8 Å². The second-order valence-electron chi connectivity index (χ2n) is 4.34. The van der Waals surface area contributed by atoms with Crippen LogP contribution in [0.2, 0.25) is 5.02 Å². The minimum absolute atomic E-state index is 0.349. The number of halogens is 4. The fourth-order valence-corrected chi connectivity index (χ4v) is 3.54. The lowest BCUT2D eigenvalue weighted by Crippen LogP contribution is -2.01. The maximum Gasteiger partial charge on any atom is 0.129 e. The molecule has 0 spiro atoms. The van der Waals surface area contributed by atoms with E-state index in [0.717, 1.165) is 15.6 Å². The van der Waals surface area contributed by atoms with Crippen LogP contribution < -0.4 is 4.74 Å². The highest BCUT2D eigenvalue weighted by Gasteiger charge is 2.22. The quantitative estimate of drug-likeness (QED) is 0.548. The Kier molecular flexibility index (Phi) is 5.10. The van der Waals surface area contributed by atoms with Crippen molar-refractivity contribution in [1.82, 2.24) is 0 Å². The molecule has 1 atom stereocenters. The molecule has 0 aromatic heterocycles. The number of benzene rings is 2. The van der Waals surface area contributed by atoms with Crippen LogP contribution in [-0.2, 0) is 0 Å². The average Bonchev–Trinajstić information content (AvgIpc) is 2.41. The molecule has 2 aromatic rings. The van der Waals surface area contributed by atoms with E-state index in [0.29, 0.717) is 16.3 Å². The first-order valence-corrected chi connectivity index (χ1v) is 7.96. The van der Waals surface area contributed by atoms with Crippen LogP contribution in [0, 0.1) is 12.7 Å². The topological polar surface area (TPSA) is 9.23 Å². The number of alkyl halides is 1. The van der Waals surface area contributed by atoms with Gasteiger partial charge in [0.1, 0.15) is 11.6 Å². The highest BCUT2D eigenvalue weighted by Crippen LogP contribution is 2.42. The van der Waals surface area contributed by atoms with E-state index in [2.05, 4.69) is 31.9 Å². The Labute approximate surface area is 139 Å². The predicted molar refractivity (Wildman–Crippen MR) is 87.6 cm³/mol. The lowest BCUT2D eigenvalue weighted by molar-refractivity contribution is 0.410. The van der Waals surface area contributed by atoms with Gasteiger partial charge in [-0.15, -0.1) is 0 Å². The molecule has 0 amide bonds. The summed E-state index contributed by atoms with van der Waals surface area (Å²) < 4.78 is 20.4. The molecule has 0 bridgehead atoms. The van der Waals surface area contributed by atoms with Crippen molar-refractivity contribution in [3.63, 3.8) is 0 Å². The summed E-state index contributed by atoms with van der Waals surface area (Å²) in [6.07, 6.45) is 0. The largest absolute Gasteiger partial charge is 0.496 e. The second-order valence-corrected chi connectivity index (χ2v) is 6.52. The van der Waals surface area contributed by atoms with E-state index >= 15 is 0 Å². The Bertz CT molecular complexity index is 626. The number of rotatable bonds is 3. The van der Waals surface area contributed by atoms with Crippen LogP contribution >= 0.6 is 43.5 Å². The Balaban J connectivity index is 2.59. The highest BCUT2D eigenvalue weighted by atomic mass is 79.9. The van der Waals surface area contributed by atoms with Gasteiger partial charge in [-0.1, -0.05) is 49.5 Å². The Morgan fingerprint density at radius 1 is 1.30 bits per heavy atom.